The molecule has 18 heavy (non-hydrogen) atoms. The van der Waals surface area contributed by atoms with Crippen LogP contribution in [0.5, 0.6) is 0 Å². The highest BCUT2D eigenvalue weighted by molar-refractivity contribution is 5.74. The van der Waals surface area contributed by atoms with Crippen LogP contribution >= 0.6 is 0 Å². The molecule has 0 aromatic heterocycles. The summed E-state index contributed by atoms with van der Waals surface area (Å²) in [6, 6.07) is 0.0149. The lowest BCUT2D eigenvalue weighted by atomic mass is 10.2. The van der Waals surface area contributed by atoms with Crippen LogP contribution < -0.4 is 5.32 Å². The molecule has 0 aromatic carbocycles. The number of amides is 2. The van der Waals surface area contributed by atoms with Gasteiger partial charge in [-0.05, 0) is 33.6 Å². The van der Waals surface area contributed by atoms with Crippen LogP contribution in [0.25, 0.3) is 0 Å². The summed E-state index contributed by atoms with van der Waals surface area (Å²) in [6.45, 7) is 6.84. The minimum atomic E-state index is -0.929. The number of aliphatic carboxylic acids is 1. The number of carboxylic acids is 1. The van der Waals surface area contributed by atoms with Crippen LogP contribution in [-0.2, 0) is 9.53 Å². The summed E-state index contributed by atoms with van der Waals surface area (Å²) in [7, 11) is 0. The molecule has 0 spiro atoms. The van der Waals surface area contributed by atoms with Crippen LogP contribution in [0.1, 0.15) is 33.6 Å². The van der Waals surface area contributed by atoms with Crippen molar-refractivity contribution in [3.63, 3.8) is 0 Å². The lowest BCUT2D eigenvalue weighted by Crippen LogP contribution is -2.46. The molecule has 1 fully saturated rings. The van der Waals surface area contributed by atoms with E-state index in [0.29, 0.717) is 25.9 Å². The summed E-state index contributed by atoms with van der Waals surface area (Å²) >= 11 is 0. The largest absolute Gasteiger partial charge is 0.479 e. The second-order valence-electron chi connectivity index (χ2n) is 4.73. The van der Waals surface area contributed by atoms with Crippen molar-refractivity contribution in [1.29, 1.82) is 0 Å². The number of carbonyl (C=O) groups excluding carboxylic acids is 1. The van der Waals surface area contributed by atoms with E-state index >= 15 is 0 Å². The minimum absolute atomic E-state index is 0.130. The van der Waals surface area contributed by atoms with Crippen molar-refractivity contribution in [1.82, 2.24) is 10.2 Å². The molecule has 0 aromatic rings. The standard InChI is InChI=1S/C12H22N2O4/c1-4-14(8(2)3)12(17)13-7-9-5-6-10(18-9)11(15)16/h8-10H,4-7H2,1-3H3,(H,13,17)(H,15,16). The second kappa shape index (κ2) is 6.58. The quantitative estimate of drug-likeness (QED) is 0.772. The topological polar surface area (TPSA) is 78.9 Å². The number of rotatable bonds is 5. The number of nitrogens with zero attached hydrogens (tertiary/aromatic N) is 1. The van der Waals surface area contributed by atoms with Crippen molar-refractivity contribution in [2.75, 3.05) is 13.1 Å². The first kappa shape index (κ1) is 14.8. The Bertz CT molecular complexity index is 306. The number of ether oxygens (including phenoxy) is 1. The van der Waals surface area contributed by atoms with Gasteiger partial charge in [-0.15, -0.1) is 0 Å². The summed E-state index contributed by atoms with van der Waals surface area (Å²) < 4.78 is 5.31. The summed E-state index contributed by atoms with van der Waals surface area (Å²) in [5.74, 6) is -0.929. The third-order valence-corrected chi connectivity index (χ3v) is 3.09. The van der Waals surface area contributed by atoms with E-state index in [4.69, 9.17) is 9.84 Å². The van der Waals surface area contributed by atoms with E-state index in [1.165, 1.54) is 0 Å². The van der Waals surface area contributed by atoms with Gasteiger partial charge in [-0.3, -0.25) is 0 Å². The Kier molecular flexibility index (Phi) is 5.40. The van der Waals surface area contributed by atoms with Crippen LogP contribution in [-0.4, -0.2) is 53.3 Å². The van der Waals surface area contributed by atoms with E-state index in [1.54, 1.807) is 4.90 Å². The summed E-state index contributed by atoms with van der Waals surface area (Å²) in [4.78, 5) is 24.3. The van der Waals surface area contributed by atoms with Gasteiger partial charge in [0, 0.05) is 19.1 Å². The van der Waals surface area contributed by atoms with E-state index in [0.717, 1.165) is 0 Å². The molecule has 6 nitrogen and oxygen atoms in total. The maximum absolute atomic E-state index is 11.8. The van der Waals surface area contributed by atoms with Gasteiger partial charge in [0.2, 0.25) is 0 Å². The zero-order chi connectivity index (χ0) is 13.7. The molecule has 6 heteroatoms. The maximum Gasteiger partial charge on any atom is 0.332 e. The molecule has 2 unspecified atom stereocenters. The van der Waals surface area contributed by atoms with Crippen LogP contribution in [0.15, 0.2) is 0 Å². The third-order valence-electron chi connectivity index (χ3n) is 3.09. The number of carbonyl (C=O) groups is 2. The fraction of sp³-hybridized carbons (Fsp3) is 0.833. The number of nitrogens with one attached hydrogen (secondary N) is 1. The molecule has 1 aliphatic rings. The van der Waals surface area contributed by atoms with Gasteiger partial charge in [0.25, 0.3) is 0 Å². The molecule has 0 aliphatic carbocycles. The molecule has 1 saturated heterocycles. The molecule has 0 saturated carbocycles. The van der Waals surface area contributed by atoms with Gasteiger partial charge in [0.05, 0.1) is 6.10 Å². The predicted octanol–water partition coefficient (Wildman–Crippen LogP) is 1.06. The van der Waals surface area contributed by atoms with Crippen LogP contribution in [0.2, 0.25) is 0 Å². The van der Waals surface area contributed by atoms with Crippen molar-refractivity contribution in [3.05, 3.63) is 0 Å². The molecular formula is C12H22N2O4. The highest BCUT2D eigenvalue weighted by atomic mass is 16.5. The monoisotopic (exact) mass is 258 g/mol. The molecular weight excluding hydrogens is 236 g/mol. The van der Waals surface area contributed by atoms with Crippen molar-refractivity contribution >= 4 is 12.0 Å². The molecule has 104 valence electrons. The van der Waals surface area contributed by atoms with Crippen molar-refractivity contribution < 1.29 is 19.4 Å². The number of hydrogen-bond donors (Lipinski definition) is 2. The normalized spacial score (nSPS) is 23.1. The third kappa shape index (κ3) is 3.87. The first-order valence-corrected chi connectivity index (χ1v) is 6.38. The molecule has 2 atom stereocenters. The van der Waals surface area contributed by atoms with E-state index in [1.807, 2.05) is 20.8 Å². The lowest BCUT2D eigenvalue weighted by molar-refractivity contribution is -0.149. The van der Waals surface area contributed by atoms with Crippen LogP contribution in [0.4, 0.5) is 4.79 Å². The van der Waals surface area contributed by atoms with Crippen molar-refractivity contribution in [2.45, 2.75) is 51.9 Å². The van der Waals surface area contributed by atoms with Crippen LogP contribution in [0, 0.1) is 0 Å². The van der Waals surface area contributed by atoms with Gasteiger partial charge in [-0.25, -0.2) is 9.59 Å². The average molecular weight is 258 g/mol. The summed E-state index contributed by atoms with van der Waals surface area (Å²) in [5, 5.41) is 11.6. The molecule has 0 bridgehead atoms. The lowest BCUT2D eigenvalue weighted by Gasteiger charge is -2.26. The van der Waals surface area contributed by atoms with E-state index in [9.17, 15) is 9.59 Å². The Balaban J connectivity index is 2.33. The van der Waals surface area contributed by atoms with Gasteiger partial charge in [-0.2, -0.15) is 0 Å². The first-order chi connectivity index (χ1) is 8.45. The van der Waals surface area contributed by atoms with Crippen LogP contribution in [0.3, 0.4) is 0 Å². The maximum atomic E-state index is 11.8. The summed E-state index contributed by atoms with van der Waals surface area (Å²) in [5.41, 5.74) is 0. The Morgan fingerprint density at radius 3 is 2.56 bits per heavy atom. The number of carboxylic acid groups (broad SMARTS) is 1. The Morgan fingerprint density at radius 2 is 2.11 bits per heavy atom. The molecule has 2 N–H and O–H groups in total. The van der Waals surface area contributed by atoms with Crippen molar-refractivity contribution in [3.8, 4) is 0 Å². The van der Waals surface area contributed by atoms with E-state index < -0.39 is 12.1 Å². The average Bonchev–Trinajstić information content (AvgIpc) is 2.75. The number of hydrogen-bond acceptors (Lipinski definition) is 3. The van der Waals surface area contributed by atoms with Crippen molar-refractivity contribution in [2.24, 2.45) is 0 Å². The van der Waals surface area contributed by atoms with Gasteiger partial charge >= 0.3 is 12.0 Å². The minimum Gasteiger partial charge on any atom is -0.479 e. The van der Waals surface area contributed by atoms with Gasteiger partial charge in [0.15, 0.2) is 6.10 Å². The fourth-order valence-electron chi connectivity index (χ4n) is 2.08. The first-order valence-electron chi connectivity index (χ1n) is 6.38. The molecule has 1 aliphatic heterocycles. The highest BCUT2D eigenvalue weighted by Gasteiger charge is 2.30. The number of urea groups is 1. The second-order valence-corrected chi connectivity index (χ2v) is 4.73. The SMILES string of the molecule is CCN(C(=O)NCC1CCC(C(=O)O)O1)C(C)C. The van der Waals surface area contributed by atoms with E-state index in [-0.39, 0.29) is 18.2 Å². The Hall–Kier alpha value is -1.30. The zero-order valence-corrected chi connectivity index (χ0v) is 11.2. The Morgan fingerprint density at radius 1 is 1.44 bits per heavy atom. The van der Waals surface area contributed by atoms with Gasteiger partial charge in [0.1, 0.15) is 0 Å². The molecule has 0 radical (unpaired) electrons. The molecule has 1 heterocycles. The summed E-state index contributed by atoms with van der Waals surface area (Å²) in [6.07, 6.45) is 0.267. The fourth-order valence-corrected chi connectivity index (χ4v) is 2.08. The van der Waals surface area contributed by atoms with Gasteiger partial charge < -0.3 is 20.1 Å². The van der Waals surface area contributed by atoms with E-state index in [2.05, 4.69) is 5.32 Å². The zero-order valence-electron chi connectivity index (χ0n) is 11.2. The molecule has 1 rings (SSSR count). The Labute approximate surface area is 107 Å². The van der Waals surface area contributed by atoms with Gasteiger partial charge in [-0.1, -0.05) is 0 Å². The predicted molar refractivity (Wildman–Crippen MR) is 66.4 cm³/mol. The molecule has 2 amide bonds. The highest BCUT2D eigenvalue weighted by Crippen LogP contribution is 2.19. The smallest absolute Gasteiger partial charge is 0.332 e.